The van der Waals surface area contributed by atoms with Crippen LogP contribution in [0.2, 0.25) is 0 Å². The molecule has 0 spiro atoms. The third-order valence-corrected chi connectivity index (χ3v) is 4.97. The fraction of sp³-hybridized carbons (Fsp3) is 0.944. The first-order valence-corrected chi connectivity index (χ1v) is 9.93. The minimum atomic E-state index is -0.0799. The maximum Gasteiger partial charge on any atom is 0.191 e. The highest BCUT2D eigenvalue weighted by molar-refractivity contribution is 14.0. The van der Waals surface area contributed by atoms with Crippen LogP contribution < -0.4 is 10.6 Å². The smallest absolute Gasteiger partial charge is 0.191 e. The zero-order valence-electron chi connectivity index (χ0n) is 15.9. The van der Waals surface area contributed by atoms with Gasteiger partial charge in [-0.05, 0) is 58.7 Å². The number of halogens is 1. The first-order valence-electron chi connectivity index (χ1n) is 9.93. The van der Waals surface area contributed by atoms with Crippen molar-refractivity contribution in [3.63, 3.8) is 0 Å². The molecule has 0 bridgehead atoms. The van der Waals surface area contributed by atoms with Gasteiger partial charge < -0.3 is 25.5 Å². The van der Waals surface area contributed by atoms with E-state index in [1.807, 2.05) is 0 Å². The Kier molecular flexibility index (Phi) is 12.8. The molecule has 2 aliphatic rings. The number of nitrogens with zero attached hydrogens (tertiary/aromatic N) is 3. The maximum atomic E-state index is 9.54. The molecule has 0 aromatic carbocycles. The molecule has 2 heterocycles. The number of piperidine rings is 2. The minimum Gasteiger partial charge on any atom is -0.393 e. The Morgan fingerprint density at radius 3 is 2.36 bits per heavy atom. The van der Waals surface area contributed by atoms with Crippen LogP contribution in [0.1, 0.15) is 45.4 Å². The Labute approximate surface area is 170 Å². The zero-order chi connectivity index (χ0) is 17.0. The number of guanidine groups is 1. The van der Waals surface area contributed by atoms with Gasteiger partial charge >= 0.3 is 0 Å². The Hall–Kier alpha value is -0.120. The molecule has 0 atom stereocenters. The Bertz CT molecular complexity index is 355. The van der Waals surface area contributed by atoms with Crippen molar-refractivity contribution in [3.05, 3.63) is 0 Å². The van der Waals surface area contributed by atoms with E-state index in [9.17, 15) is 5.11 Å². The summed E-state index contributed by atoms with van der Waals surface area (Å²) in [7, 11) is 0. The summed E-state index contributed by atoms with van der Waals surface area (Å²) in [5.74, 6) is 0.948. The molecule has 3 N–H and O–H groups in total. The second kappa shape index (κ2) is 14.0. The van der Waals surface area contributed by atoms with Crippen molar-refractivity contribution in [3.8, 4) is 0 Å². The second-order valence-electron chi connectivity index (χ2n) is 7.02. The average molecular weight is 467 g/mol. The second-order valence-corrected chi connectivity index (χ2v) is 7.02. The molecule has 2 saturated heterocycles. The number of aliphatic imine (C=N–C) groups is 1. The Balaban J connectivity index is 0.00000312. The number of aliphatic hydroxyl groups is 1. The van der Waals surface area contributed by atoms with Gasteiger partial charge in [-0.3, -0.25) is 4.99 Å². The summed E-state index contributed by atoms with van der Waals surface area (Å²) in [6, 6.07) is 0. The van der Waals surface area contributed by atoms with Gasteiger partial charge in [-0.2, -0.15) is 0 Å². The molecule has 2 rings (SSSR count). The van der Waals surface area contributed by atoms with Gasteiger partial charge in [0, 0.05) is 39.3 Å². The monoisotopic (exact) mass is 467 g/mol. The van der Waals surface area contributed by atoms with Crippen LogP contribution in [0, 0.1) is 0 Å². The summed E-state index contributed by atoms with van der Waals surface area (Å²) in [6.07, 6.45) is 6.93. The summed E-state index contributed by atoms with van der Waals surface area (Å²) in [4.78, 5) is 9.69. The summed E-state index contributed by atoms with van der Waals surface area (Å²) >= 11 is 0. The molecule has 6 nitrogen and oxygen atoms in total. The predicted molar refractivity (Wildman–Crippen MR) is 116 cm³/mol. The van der Waals surface area contributed by atoms with Gasteiger partial charge in [0.15, 0.2) is 5.96 Å². The first kappa shape index (κ1) is 22.9. The number of nitrogens with one attached hydrogen (secondary N) is 2. The minimum absolute atomic E-state index is 0. The van der Waals surface area contributed by atoms with Gasteiger partial charge in [0.25, 0.3) is 0 Å². The van der Waals surface area contributed by atoms with Crippen LogP contribution in [0.5, 0.6) is 0 Å². The number of rotatable bonds is 8. The van der Waals surface area contributed by atoms with Crippen LogP contribution in [0.3, 0.4) is 0 Å². The van der Waals surface area contributed by atoms with Crippen LogP contribution in [0.4, 0.5) is 0 Å². The Morgan fingerprint density at radius 2 is 1.68 bits per heavy atom. The predicted octanol–water partition coefficient (Wildman–Crippen LogP) is 1.49. The van der Waals surface area contributed by atoms with Crippen molar-refractivity contribution < 1.29 is 5.11 Å². The van der Waals surface area contributed by atoms with E-state index in [0.29, 0.717) is 0 Å². The van der Waals surface area contributed by atoms with E-state index in [1.165, 1.54) is 32.4 Å². The maximum absolute atomic E-state index is 9.54. The molecule has 0 saturated carbocycles. The quantitative estimate of drug-likeness (QED) is 0.219. The van der Waals surface area contributed by atoms with Crippen LogP contribution >= 0.6 is 24.0 Å². The molecule has 0 aliphatic carbocycles. The highest BCUT2D eigenvalue weighted by atomic mass is 127. The van der Waals surface area contributed by atoms with E-state index in [2.05, 4.69) is 27.4 Å². The highest BCUT2D eigenvalue weighted by Crippen LogP contribution is 2.10. The molecule has 0 radical (unpaired) electrons. The molecular weight excluding hydrogens is 429 g/mol. The molecule has 0 unspecified atom stereocenters. The van der Waals surface area contributed by atoms with Crippen molar-refractivity contribution in [2.45, 2.75) is 51.6 Å². The summed E-state index contributed by atoms with van der Waals surface area (Å²) < 4.78 is 0. The first-order chi connectivity index (χ1) is 11.8. The van der Waals surface area contributed by atoms with Crippen molar-refractivity contribution in [1.82, 2.24) is 20.4 Å². The number of hydrogen-bond donors (Lipinski definition) is 3. The van der Waals surface area contributed by atoms with Crippen LogP contribution in [-0.2, 0) is 0 Å². The van der Waals surface area contributed by atoms with Crippen LogP contribution in [-0.4, -0.2) is 85.9 Å². The van der Waals surface area contributed by atoms with E-state index in [1.54, 1.807) is 0 Å². The molecule has 2 aliphatic heterocycles. The fourth-order valence-electron chi connectivity index (χ4n) is 3.49. The van der Waals surface area contributed by atoms with E-state index < -0.39 is 0 Å². The third-order valence-electron chi connectivity index (χ3n) is 4.97. The van der Waals surface area contributed by atoms with Crippen LogP contribution in [0.25, 0.3) is 0 Å². The molecule has 2 fully saturated rings. The lowest BCUT2D eigenvalue weighted by molar-refractivity contribution is 0.0824. The van der Waals surface area contributed by atoms with Crippen molar-refractivity contribution >= 4 is 29.9 Å². The van der Waals surface area contributed by atoms with Gasteiger partial charge in [-0.25, -0.2) is 0 Å². The molecular formula is C18H38IN5O. The molecule has 148 valence electrons. The largest absolute Gasteiger partial charge is 0.393 e. The fourth-order valence-corrected chi connectivity index (χ4v) is 3.49. The standard InChI is InChI=1S/C18H37N5O.HI/c1-2-19-18(21-10-16-22-11-4-3-5-12-22)20-9-6-13-23-14-7-17(24)8-15-23;/h17,24H,2-16H2,1H3,(H2,19,20,21);1H. The third kappa shape index (κ3) is 9.96. The number of aliphatic hydroxyl groups excluding tert-OH is 1. The normalized spacial score (nSPS) is 21.0. The highest BCUT2D eigenvalue weighted by Gasteiger charge is 2.16. The lowest BCUT2D eigenvalue weighted by Crippen LogP contribution is -2.42. The van der Waals surface area contributed by atoms with Gasteiger partial charge in [-0.1, -0.05) is 6.42 Å². The number of hydrogen-bond acceptors (Lipinski definition) is 4. The summed E-state index contributed by atoms with van der Waals surface area (Å²) in [5.41, 5.74) is 0. The molecule has 0 amide bonds. The molecule has 7 heteroatoms. The molecule has 0 aromatic rings. The van der Waals surface area contributed by atoms with E-state index in [4.69, 9.17) is 4.99 Å². The van der Waals surface area contributed by atoms with E-state index >= 15 is 0 Å². The Morgan fingerprint density at radius 1 is 1.00 bits per heavy atom. The van der Waals surface area contributed by atoms with Crippen LogP contribution in [0.15, 0.2) is 4.99 Å². The molecule has 25 heavy (non-hydrogen) atoms. The van der Waals surface area contributed by atoms with Gasteiger partial charge in [0.05, 0.1) is 6.10 Å². The van der Waals surface area contributed by atoms with Crippen molar-refractivity contribution in [2.24, 2.45) is 4.99 Å². The lowest BCUT2D eigenvalue weighted by atomic mass is 10.1. The molecule has 0 aromatic heterocycles. The van der Waals surface area contributed by atoms with Gasteiger partial charge in [-0.15, -0.1) is 24.0 Å². The lowest BCUT2D eigenvalue weighted by Gasteiger charge is -2.29. The summed E-state index contributed by atoms with van der Waals surface area (Å²) in [5, 5.41) is 16.3. The average Bonchev–Trinajstić information content (AvgIpc) is 2.61. The van der Waals surface area contributed by atoms with Crippen molar-refractivity contribution in [1.29, 1.82) is 0 Å². The van der Waals surface area contributed by atoms with E-state index in [-0.39, 0.29) is 30.1 Å². The van der Waals surface area contributed by atoms with Gasteiger partial charge in [0.2, 0.25) is 0 Å². The van der Waals surface area contributed by atoms with Crippen molar-refractivity contribution in [2.75, 3.05) is 58.9 Å². The SMILES string of the molecule is CCNC(=NCCCN1CCC(O)CC1)NCCN1CCCCC1.I. The van der Waals surface area contributed by atoms with E-state index in [0.717, 1.165) is 71.0 Å². The number of likely N-dealkylation sites (tertiary alicyclic amines) is 2. The van der Waals surface area contributed by atoms with Gasteiger partial charge in [0.1, 0.15) is 0 Å². The topological polar surface area (TPSA) is 63.1 Å². The summed E-state index contributed by atoms with van der Waals surface area (Å²) in [6.45, 7) is 11.6. The zero-order valence-corrected chi connectivity index (χ0v) is 18.2.